The van der Waals surface area contributed by atoms with Crippen LogP contribution in [0, 0.1) is 11.8 Å². The Kier molecular flexibility index (Phi) is 4.90. The maximum atomic E-state index is 4.68. The number of aryl methyl sites for hydroxylation is 1. The molecule has 1 saturated carbocycles. The van der Waals surface area contributed by atoms with Crippen molar-refractivity contribution in [1.29, 1.82) is 0 Å². The Bertz CT molecular complexity index is 422. The van der Waals surface area contributed by atoms with E-state index in [4.69, 9.17) is 0 Å². The van der Waals surface area contributed by atoms with Gasteiger partial charge >= 0.3 is 0 Å². The van der Waals surface area contributed by atoms with Crippen molar-refractivity contribution in [3.8, 4) is 0 Å². The van der Waals surface area contributed by atoms with Gasteiger partial charge in [-0.3, -0.25) is 4.68 Å². The van der Waals surface area contributed by atoms with E-state index in [0.29, 0.717) is 12.0 Å². The second kappa shape index (κ2) is 6.30. The summed E-state index contributed by atoms with van der Waals surface area (Å²) in [7, 11) is 2.01. The minimum atomic E-state index is 0.146. The Morgan fingerprint density at radius 2 is 2.15 bits per heavy atom. The van der Waals surface area contributed by atoms with E-state index in [-0.39, 0.29) is 5.41 Å². The Balaban J connectivity index is 2.18. The standard InChI is InChI=1S/C17H31N3/c1-6-10-18-15-12-13(2)7-8-14(15)17(3,4)16-9-11-20(5)19-16/h9,11,13-15,18H,6-8,10,12H2,1-5H3. The Labute approximate surface area is 124 Å². The molecule has 20 heavy (non-hydrogen) atoms. The third-order valence-corrected chi connectivity index (χ3v) is 5.07. The lowest BCUT2D eigenvalue weighted by Crippen LogP contribution is -2.48. The zero-order chi connectivity index (χ0) is 14.8. The fourth-order valence-corrected chi connectivity index (χ4v) is 3.75. The summed E-state index contributed by atoms with van der Waals surface area (Å²) in [5.74, 6) is 1.53. The van der Waals surface area contributed by atoms with Crippen LogP contribution >= 0.6 is 0 Å². The van der Waals surface area contributed by atoms with Gasteiger partial charge in [0, 0.05) is 24.7 Å². The van der Waals surface area contributed by atoms with E-state index in [1.165, 1.54) is 31.4 Å². The van der Waals surface area contributed by atoms with Gasteiger partial charge in [-0.1, -0.05) is 34.1 Å². The first-order valence-electron chi connectivity index (χ1n) is 8.18. The van der Waals surface area contributed by atoms with Gasteiger partial charge in [-0.15, -0.1) is 0 Å². The van der Waals surface area contributed by atoms with Crippen LogP contribution in [-0.2, 0) is 12.5 Å². The summed E-state index contributed by atoms with van der Waals surface area (Å²) < 4.78 is 1.93. The van der Waals surface area contributed by atoms with Crippen LogP contribution in [0.25, 0.3) is 0 Å². The number of rotatable bonds is 5. The van der Waals surface area contributed by atoms with Crippen molar-refractivity contribution in [2.24, 2.45) is 18.9 Å². The number of nitrogens with one attached hydrogen (secondary N) is 1. The second-order valence-electron chi connectivity index (χ2n) is 7.18. The van der Waals surface area contributed by atoms with Gasteiger partial charge in [0.05, 0.1) is 5.69 Å². The lowest BCUT2D eigenvalue weighted by molar-refractivity contribution is 0.143. The molecule has 3 heteroatoms. The van der Waals surface area contributed by atoms with E-state index in [0.717, 1.165) is 12.5 Å². The summed E-state index contributed by atoms with van der Waals surface area (Å²) in [6, 6.07) is 2.82. The van der Waals surface area contributed by atoms with Gasteiger partial charge in [-0.05, 0) is 43.7 Å². The highest BCUT2D eigenvalue weighted by atomic mass is 15.3. The molecule has 1 aliphatic carbocycles. The molecule has 1 fully saturated rings. The molecule has 0 aliphatic heterocycles. The smallest absolute Gasteiger partial charge is 0.0683 e. The number of hydrogen-bond acceptors (Lipinski definition) is 2. The van der Waals surface area contributed by atoms with Gasteiger partial charge in [0.2, 0.25) is 0 Å². The average Bonchev–Trinajstić information content (AvgIpc) is 2.83. The molecule has 3 nitrogen and oxygen atoms in total. The first-order chi connectivity index (χ1) is 9.45. The topological polar surface area (TPSA) is 29.9 Å². The van der Waals surface area contributed by atoms with Crippen LogP contribution in [-0.4, -0.2) is 22.4 Å². The third kappa shape index (κ3) is 3.25. The van der Waals surface area contributed by atoms with Crippen LogP contribution in [0.1, 0.15) is 59.1 Å². The van der Waals surface area contributed by atoms with E-state index in [1.807, 2.05) is 11.7 Å². The van der Waals surface area contributed by atoms with Gasteiger partial charge in [0.15, 0.2) is 0 Å². The SMILES string of the molecule is CCCNC1CC(C)CCC1C(C)(C)c1ccn(C)n1. The van der Waals surface area contributed by atoms with Crippen molar-refractivity contribution in [2.45, 2.75) is 64.8 Å². The van der Waals surface area contributed by atoms with Crippen LogP contribution in [0.3, 0.4) is 0 Å². The van der Waals surface area contributed by atoms with Crippen LogP contribution in [0.15, 0.2) is 12.3 Å². The molecule has 0 saturated heterocycles. The van der Waals surface area contributed by atoms with Gasteiger partial charge in [-0.2, -0.15) is 5.10 Å². The molecule has 1 aromatic rings. The lowest BCUT2D eigenvalue weighted by Gasteiger charge is -2.44. The average molecular weight is 277 g/mol. The number of hydrogen-bond donors (Lipinski definition) is 1. The van der Waals surface area contributed by atoms with E-state index in [2.05, 4.69) is 50.4 Å². The van der Waals surface area contributed by atoms with Crippen LogP contribution in [0.2, 0.25) is 0 Å². The van der Waals surface area contributed by atoms with Gasteiger partial charge < -0.3 is 5.32 Å². The number of nitrogens with zero attached hydrogens (tertiary/aromatic N) is 2. The second-order valence-corrected chi connectivity index (χ2v) is 7.18. The Morgan fingerprint density at radius 3 is 2.75 bits per heavy atom. The quantitative estimate of drug-likeness (QED) is 0.892. The van der Waals surface area contributed by atoms with Crippen molar-refractivity contribution < 1.29 is 0 Å². The predicted molar refractivity (Wildman–Crippen MR) is 84.8 cm³/mol. The molecule has 3 unspecified atom stereocenters. The molecule has 3 atom stereocenters. The monoisotopic (exact) mass is 277 g/mol. The first kappa shape index (κ1) is 15.6. The maximum absolute atomic E-state index is 4.68. The molecule has 0 radical (unpaired) electrons. The molecule has 1 aliphatic rings. The van der Waals surface area contributed by atoms with Gasteiger partial charge in [-0.25, -0.2) is 0 Å². The van der Waals surface area contributed by atoms with Crippen molar-refractivity contribution in [3.63, 3.8) is 0 Å². The van der Waals surface area contributed by atoms with E-state index in [9.17, 15) is 0 Å². The molecular weight excluding hydrogens is 246 g/mol. The minimum absolute atomic E-state index is 0.146. The molecule has 114 valence electrons. The Morgan fingerprint density at radius 1 is 1.40 bits per heavy atom. The normalized spacial score (nSPS) is 27.8. The van der Waals surface area contributed by atoms with Gasteiger partial charge in [0.25, 0.3) is 0 Å². The molecule has 1 heterocycles. The molecule has 0 aromatic carbocycles. The third-order valence-electron chi connectivity index (χ3n) is 5.07. The molecule has 1 aromatic heterocycles. The predicted octanol–water partition coefficient (Wildman–Crippen LogP) is 3.50. The molecule has 0 amide bonds. The zero-order valence-electron chi connectivity index (χ0n) is 13.8. The summed E-state index contributed by atoms with van der Waals surface area (Å²) in [6.07, 6.45) is 7.25. The van der Waals surface area contributed by atoms with Crippen molar-refractivity contribution >= 4 is 0 Å². The highest BCUT2D eigenvalue weighted by Gasteiger charge is 2.40. The largest absolute Gasteiger partial charge is 0.314 e. The fourth-order valence-electron chi connectivity index (χ4n) is 3.75. The molecule has 0 spiro atoms. The summed E-state index contributed by atoms with van der Waals surface area (Å²) >= 11 is 0. The Hall–Kier alpha value is -0.830. The summed E-state index contributed by atoms with van der Waals surface area (Å²) in [4.78, 5) is 0. The molecule has 2 rings (SSSR count). The first-order valence-corrected chi connectivity index (χ1v) is 8.18. The minimum Gasteiger partial charge on any atom is -0.314 e. The van der Waals surface area contributed by atoms with Crippen LogP contribution in [0.5, 0.6) is 0 Å². The molecule has 0 bridgehead atoms. The maximum Gasteiger partial charge on any atom is 0.0683 e. The van der Waals surface area contributed by atoms with Crippen molar-refractivity contribution in [3.05, 3.63) is 18.0 Å². The summed E-state index contributed by atoms with van der Waals surface area (Å²) in [5.41, 5.74) is 1.38. The van der Waals surface area contributed by atoms with Gasteiger partial charge in [0.1, 0.15) is 0 Å². The van der Waals surface area contributed by atoms with Crippen molar-refractivity contribution in [1.82, 2.24) is 15.1 Å². The van der Waals surface area contributed by atoms with Crippen LogP contribution < -0.4 is 5.32 Å². The van der Waals surface area contributed by atoms with E-state index in [1.54, 1.807) is 0 Å². The number of aromatic nitrogens is 2. The highest BCUT2D eigenvalue weighted by Crippen LogP contribution is 2.41. The highest BCUT2D eigenvalue weighted by molar-refractivity contribution is 5.16. The van der Waals surface area contributed by atoms with Crippen molar-refractivity contribution in [2.75, 3.05) is 6.54 Å². The molecule has 1 N–H and O–H groups in total. The molecular formula is C17H31N3. The van der Waals surface area contributed by atoms with E-state index < -0.39 is 0 Å². The van der Waals surface area contributed by atoms with E-state index >= 15 is 0 Å². The zero-order valence-corrected chi connectivity index (χ0v) is 13.8. The lowest BCUT2D eigenvalue weighted by atomic mass is 9.65. The summed E-state index contributed by atoms with van der Waals surface area (Å²) in [6.45, 7) is 10.5. The van der Waals surface area contributed by atoms with Crippen LogP contribution in [0.4, 0.5) is 0 Å². The fraction of sp³-hybridized carbons (Fsp3) is 0.824. The summed E-state index contributed by atoms with van der Waals surface area (Å²) in [5, 5.41) is 8.48.